The van der Waals surface area contributed by atoms with Gasteiger partial charge in [-0.25, -0.2) is 0 Å². The van der Waals surface area contributed by atoms with Crippen LogP contribution in [0.15, 0.2) is 104 Å². The molecule has 4 aliphatic carbocycles. The number of esters is 8. The van der Waals surface area contributed by atoms with Crippen molar-refractivity contribution >= 4 is 47.8 Å². The Morgan fingerprint density at radius 3 is 0.500 bits per heavy atom. The second kappa shape index (κ2) is 28.1. The van der Waals surface area contributed by atoms with Crippen molar-refractivity contribution in [1.82, 2.24) is 0 Å². The summed E-state index contributed by atoms with van der Waals surface area (Å²) >= 11 is 0. The maximum atomic E-state index is 14.5. The minimum atomic E-state index is -1.86. The van der Waals surface area contributed by atoms with Crippen LogP contribution in [0.1, 0.15) is 190 Å². The third-order valence-corrected chi connectivity index (χ3v) is 13.8. The van der Waals surface area contributed by atoms with E-state index in [1.54, 1.807) is 147 Å². The van der Waals surface area contributed by atoms with Crippen molar-refractivity contribution < 1.29 is 76.3 Å². The number of allylic oxidation sites excluding steroid dienone is 18. The lowest BCUT2D eigenvalue weighted by Crippen LogP contribution is -2.42. The van der Waals surface area contributed by atoms with Gasteiger partial charge in [-0.05, 0) is 234 Å². The van der Waals surface area contributed by atoms with Crippen molar-refractivity contribution in [2.24, 2.45) is 21.7 Å². The third kappa shape index (κ3) is 16.6. The van der Waals surface area contributed by atoms with Gasteiger partial charge >= 0.3 is 47.8 Å². The fourth-order valence-corrected chi connectivity index (χ4v) is 10.4. The van der Waals surface area contributed by atoms with E-state index in [-0.39, 0.29) is 51.4 Å². The normalized spacial score (nSPS) is 18.4. The first kappa shape index (κ1) is 67.9. The van der Waals surface area contributed by atoms with Crippen LogP contribution in [-0.4, -0.2) is 96.6 Å². The number of rotatable bonds is 24. The van der Waals surface area contributed by atoms with Crippen LogP contribution in [0.25, 0.3) is 0 Å². The molecule has 452 valence electrons. The first-order valence-corrected chi connectivity index (χ1v) is 28.9. The highest BCUT2D eigenvalue weighted by Gasteiger charge is 2.58. The summed E-state index contributed by atoms with van der Waals surface area (Å²) in [5.41, 5.74) is -0.618. The Hall–Kier alpha value is -6.58. The molecule has 16 heteroatoms. The van der Waals surface area contributed by atoms with Gasteiger partial charge in [0.1, 0.15) is 0 Å². The van der Waals surface area contributed by atoms with Crippen LogP contribution in [0.2, 0.25) is 0 Å². The van der Waals surface area contributed by atoms with Gasteiger partial charge in [-0.3, -0.25) is 38.4 Å². The van der Waals surface area contributed by atoms with Gasteiger partial charge in [0, 0.05) is 0 Å². The molecule has 0 aromatic rings. The fraction of sp³-hybridized carbons (Fsp3) is 0.606. The van der Waals surface area contributed by atoms with Crippen molar-refractivity contribution in [3.05, 3.63) is 104 Å². The van der Waals surface area contributed by atoms with E-state index in [2.05, 4.69) is 0 Å². The second-order valence-corrected chi connectivity index (χ2v) is 25.0. The lowest BCUT2D eigenvalue weighted by Gasteiger charge is -2.27. The molecule has 0 atom stereocenters. The van der Waals surface area contributed by atoms with Crippen LogP contribution in [0, 0.1) is 21.7 Å². The number of carbonyl (C=O) groups is 8. The zero-order valence-electron chi connectivity index (χ0n) is 52.4. The molecular weight excluding hydrogens is 1050 g/mol. The Kier molecular flexibility index (Phi) is 23.3. The van der Waals surface area contributed by atoms with Gasteiger partial charge in [0.05, 0.1) is 48.8 Å². The largest absolute Gasteiger partial charge is 0.462 e. The van der Waals surface area contributed by atoms with Gasteiger partial charge < -0.3 is 37.9 Å². The van der Waals surface area contributed by atoms with E-state index in [1.807, 2.05) is 39.8 Å². The molecule has 0 saturated carbocycles. The molecule has 4 rings (SSSR count). The van der Waals surface area contributed by atoms with Crippen LogP contribution in [0.3, 0.4) is 0 Å². The summed E-state index contributed by atoms with van der Waals surface area (Å²) in [5.74, 6) is -6.04. The lowest BCUT2D eigenvalue weighted by atomic mass is 9.82. The predicted molar refractivity (Wildman–Crippen MR) is 311 cm³/mol. The van der Waals surface area contributed by atoms with Gasteiger partial charge in [-0.15, -0.1) is 0 Å². The monoisotopic (exact) mass is 1140 g/mol. The van der Waals surface area contributed by atoms with E-state index >= 15 is 0 Å². The molecule has 0 aromatic carbocycles. The molecule has 0 bridgehead atoms. The molecule has 0 heterocycles. The topological polar surface area (TPSA) is 210 Å². The Balaban J connectivity index is 2.09. The molecule has 0 aliphatic heterocycles. The van der Waals surface area contributed by atoms with Gasteiger partial charge in [0.2, 0.25) is 0 Å². The third-order valence-electron chi connectivity index (χ3n) is 13.8. The highest BCUT2D eigenvalue weighted by molar-refractivity contribution is 6.04. The van der Waals surface area contributed by atoms with Gasteiger partial charge in [0.25, 0.3) is 0 Å². The van der Waals surface area contributed by atoms with Crippen molar-refractivity contribution in [2.75, 3.05) is 0 Å². The van der Waals surface area contributed by atoms with Crippen molar-refractivity contribution in [2.45, 2.75) is 239 Å². The number of hydrogen-bond acceptors (Lipinski definition) is 16. The van der Waals surface area contributed by atoms with E-state index in [0.717, 1.165) is 11.1 Å². The van der Waals surface area contributed by atoms with Gasteiger partial charge in [-0.1, -0.05) is 59.8 Å². The first-order chi connectivity index (χ1) is 38.0. The van der Waals surface area contributed by atoms with Crippen LogP contribution < -0.4 is 0 Å². The average molecular weight is 1140 g/mol. The van der Waals surface area contributed by atoms with Gasteiger partial charge in [0.15, 0.2) is 21.7 Å². The Bertz CT molecular complexity index is 2490. The van der Waals surface area contributed by atoms with Crippen LogP contribution >= 0.6 is 0 Å². The van der Waals surface area contributed by atoms with E-state index in [1.165, 1.54) is 0 Å². The van der Waals surface area contributed by atoms with Crippen LogP contribution in [0.5, 0.6) is 0 Å². The summed E-state index contributed by atoms with van der Waals surface area (Å²) < 4.78 is 46.2. The molecule has 0 saturated heterocycles. The molecule has 0 amide bonds. The van der Waals surface area contributed by atoms with E-state index in [9.17, 15) is 38.4 Å². The van der Waals surface area contributed by atoms with Crippen LogP contribution in [-0.2, 0) is 76.3 Å². The quantitative estimate of drug-likeness (QED) is 0.0500. The Morgan fingerprint density at radius 2 is 0.378 bits per heavy atom. The van der Waals surface area contributed by atoms with Crippen molar-refractivity contribution in [3.8, 4) is 0 Å². The summed E-state index contributed by atoms with van der Waals surface area (Å²) in [6.45, 7) is 34.7. The Morgan fingerprint density at radius 1 is 0.256 bits per heavy atom. The maximum absolute atomic E-state index is 14.5. The van der Waals surface area contributed by atoms with Crippen molar-refractivity contribution in [1.29, 1.82) is 0 Å². The first-order valence-electron chi connectivity index (χ1n) is 28.9. The molecule has 82 heavy (non-hydrogen) atoms. The number of hydrogen-bond donors (Lipinski definition) is 0. The summed E-state index contributed by atoms with van der Waals surface area (Å²) in [6, 6.07) is 0. The minimum absolute atomic E-state index is 0.00536. The number of ether oxygens (including phenoxy) is 8. The average Bonchev–Trinajstić information content (AvgIpc) is 3.82. The zero-order chi connectivity index (χ0) is 62.0. The summed E-state index contributed by atoms with van der Waals surface area (Å²) in [7, 11) is 0. The lowest BCUT2D eigenvalue weighted by molar-refractivity contribution is -0.178. The predicted octanol–water partition coefficient (Wildman–Crippen LogP) is 12.5. The summed E-state index contributed by atoms with van der Waals surface area (Å²) in [4.78, 5) is 114. The Labute approximate surface area is 486 Å². The molecule has 0 aromatic heterocycles. The molecule has 0 spiro atoms. The standard InChI is InChI=1S/C66H92O16/c1-37(2)27-53-35-65(59(71)79-43(13)14,60(72)80-44(15)16)33-51(53)25-23-49-31-63(55(67)75-39(5)6,56(68)76-40(7)8)29-47(49)21-22-48-30-64(57(69)77-41(9)10,58(70)78-42(11)12)32-50(48)24-26-52-34-66(61(73)81-45(17)18,62(74)82-46(19)20)36-54(52)28-38(3)4/h21-28,39-46H,29-36H2,1-20H3/b22-21+,25-23+,26-24+. The summed E-state index contributed by atoms with van der Waals surface area (Å²) in [6.07, 6.45) is 9.07. The van der Waals surface area contributed by atoms with E-state index < -0.39 is 118 Å². The minimum Gasteiger partial charge on any atom is -0.462 e. The maximum Gasteiger partial charge on any atom is 0.324 e. The molecule has 0 N–H and O–H groups in total. The molecule has 16 nitrogen and oxygen atoms in total. The molecule has 0 unspecified atom stereocenters. The molecular formula is C66H92O16. The smallest absolute Gasteiger partial charge is 0.324 e. The SMILES string of the molecule is CC(C)=CC1=C(/C=C/C2=C(/C=C/C3=C(/C=C/C4=C(C=C(C)C)CC(C(=O)OC(C)C)(C(=O)OC(C)C)C4)CC(C(=O)OC(C)C)(C(=O)OC(C)C)C3)CC(C(=O)OC(C)C)(C(=O)OC(C)C)C2)CC(C(=O)OC(C)C)(C(=O)OC(C)C)C1. The highest BCUT2D eigenvalue weighted by Crippen LogP contribution is 2.52. The van der Waals surface area contributed by atoms with E-state index in [4.69, 9.17) is 37.9 Å². The van der Waals surface area contributed by atoms with E-state index in [0.29, 0.717) is 44.6 Å². The molecule has 0 radical (unpaired) electrons. The molecule has 0 fully saturated rings. The van der Waals surface area contributed by atoms with Gasteiger partial charge in [-0.2, -0.15) is 0 Å². The zero-order valence-corrected chi connectivity index (χ0v) is 52.4. The summed E-state index contributed by atoms with van der Waals surface area (Å²) in [5, 5.41) is 0. The van der Waals surface area contributed by atoms with Crippen molar-refractivity contribution in [3.63, 3.8) is 0 Å². The second-order valence-electron chi connectivity index (χ2n) is 25.0. The molecule has 4 aliphatic rings. The highest BCUT2D eigenvalue weighted by atomic mass is 16.6. The fourth-order valence-electron chi connectivity index (χ4n) is 10.4. The van der Waals surface area contributed by atoms with Crippen LogP contribution in [0.4, 0.5) is 0 Å². The number of carbonyl (C=O) groups excluding carboxylic acids is 8.